The maximum atomic E-state index is 12.8. The fourth-order valence-electron chi connectivity index (χ4n) is 3.49. The summed E-state index contributed by atoms with van der Waals surface area (Å²) in [4.78, 5) is 27.3. The van der Waals surface area contributed by atoms with Gasteiger partial charge in [0, 0.05) is 24.6 Å². The second-order valence-electron chi connectivity index (χ2n) is 8.63. The number of hydrogen-bond donors (Lipinski definition) is 1. The molecule has 0 saturated carbocycles. The summed E-state index contributed by atoms with van der Waals surface area (Å²) >= 11 is 18.1. The topological polar surface area (TPSA) is 49.4 Å². The second-order valence-corrected chi connectivity index (χ2v) is 9.85. The molecule has 1 N–H and O–H groups in total. The van der Waals surface area contributed by atoms with Crippen molar-refractivity contribution >= 4 is 52.3 Å². The average molecular weight is 468 g/mol. The minimum absolute atomic E-state index is 0.00171. The van der Waals surface area contributed by atoms with Gasteiger partial charge in [-0.15, -0.1) is 0 Å². The van der Waals surface area contributed by atoms with Gasteiger partial charge in [-0.05, 0) is 48.1 Å². The van der Waals surface area contributed by atoms with Gasteiger partial charge in [0.1, 0.15) is 0 Å². The number of benzene rings is 2. The van der Waals surface area contributed by atoms with Gasteiger partial charge in [-0.1, -0.05) is 67.7 Å². The van der Waals surface area contributed by atoms with Gasteiger partial charge >= 0.3 is 0 Å². The van der Waals surface area contributed by atoms with Gasteiger partial charge in [0.05, 0.1) is 20.8 Å². The Balaban J connectivity index is 1.58. The molecule has 1 aliphatic heterocycles. The van der Waals surface area contributed by atoms with Crippen LogP contribution in [0.1, 0.15) is 49.5 Å². The van der Waals surface area contributed by atoms with Crippen LogP contribution in [-0.4, -0.2) is 29.8 Å². The Morgan fingerprint density at radius 3 is 2.07 bits per heavy atom. The van der Waals surface area contributed by atoms with E-state index in [0.717, 1.165) is 0 Å². The van der Waals surface area contributed by atoms with E-state index in [9.17, 15) is 9.59 Å². The molecule has 0 atom stereocenters. The quantitative estimate of drug-likeness (QED) is 0.528. The Bertz CT molecular complexity index is 944. The normalized spacial score (nSPS) is 15.2. The summed E-state index contributed by atoms with van der Waals surface area (Å²) in [6.07, 6.45) is 1.19. The van der Waals surface area contributed by atoms with Crippen LogP contribution in [0.15, 0.2) is 36.4 Å². The molecule has 1 fully saturated rings. The van der Waals surface area contributed by atoms with Crippen LogP contribution in [0.5, 0.6) is 0 Å². The highest BCUT2D eigenvalue weighted by Crippen LogP contribution is 2.33. The molecular formula is C23H25Cl3N2O2. The molecule has 1 aliphatic rings. The lowest BCUT2D eigenvalue weighted by atomic mass is 9.86. The molecule has 2 aromatic carbocycles. The van der Waals surface area contributed by atoms with E-state index in [1.165, 1.54) is 11.6 Å². The van der Waals surface area contributed by atoms with Crippen molar-refractivity contribution in [2.24, 2.45) is 5.92 Å². The van der Waals surface area contributed by atoms with Crippen LogP contribution in [-0.2, 0) is 10.2 Å². The number of halogens is 3. The smallest absolute Gasteiger partial charge is 0.253 e. The number of rotatable bonds is 3. The highest BCUT2D eigenvalue weighted by atomic mass is 35.5. The monoisotopic (exact) mass is 466 g/mol. The molecular weight excluding hydrogens is 443 g/mol. The van der Waals surface area contributed by atoms with Crippen molar-refractivity contribution in [1.82, 2.24) is 4.90 Å². The van der Waals surface area contributed by atoms with Gasteiger partial charge < -0.3 is 10.2 Å². The molecule has 0 aromatic heterocycles. The van der Waals surface area contributed by atoms with E-state index in [-0.39, 0.29) is 23.1 Å². The molecule has 160 valence electrons. The van der Waals surface area contributed by atoms with Gasteiger partial charge in [0.15, 0.2) is 0 Å². The van der Waals surface area contributed by atoms with E-state index >= 15 is 0 Å². The Hall–Kier alpha value is -1.75. The molecule has 1 saturated heterocycles. The summed E-state index contributed by atoms with van der Waals surface area (Å²) in [7, 11) is 0. The van der Waals surface area contributed by atoms with Crippen molar-refractivity contribution < 1.29 is 9.59 Å². The van der Waals surface area contributed by atoms with Crippen LogP contribution in [0.3, 0.4) is 0 Å². The highest BCUT2D eigenvalue weighted by molar-refractivity contribution is 6.44. The zero-order valence-electron chi connectivity index (χ0n) is 17.3. The van der Waals surface area contributed by atoms with Crippen LogP contribution in [0.4, 0.5) is 5.69 Å². The van der Waals surface area contributed by atoms with Crippen LogP contribution < -0.4 is 5.32 Å². The molecule has 0 radical (unpaired) electrons. The molecule has 30 heavy (non-hydrogen) atoms. The minimum Gasteiger partial charge on any atom is -0.339 e. The first kappa shape index (κ1) is 22.9. The summed E-state index contributed by atoms with van der Waals surface area (Å²) in [5, 5.41) is 3.83. The van der Waals surface area contributed by atoms with Gasteiger partial charge in [-0.25, -0.2) is 0 Å². The zero-order chi connectivity index (χ0) is 22.1. The summed E-state index contributed by atoms with van der Waals surface area (Å²) in [5.74, 6) is -0.318. The van der Waals surface area contributed by atoms with Crippen molar-refractivity contribution in [1.29, 1.82) is 0 Å². The Morgan fingerprint density at radius 2 is 1.50 bits per heavy atom. The predicted molar refractivity (Wildman–Crippen MR) is 124 cm³/mol. The molecule has 1 heterocycles. The maximum absolute atomic E-state index is 12.8. The van der Waals surface area contributed by atoms with Crippen molar-refractivity contribution in [3.8, 4) is 0 Å². The van der Waals surface area contributed by atoms with Crippen LogP contribution >= 0.6 is 34.8 Å². The lowest BCUT2D eigenvalue weighted by Crippen LogP contribution is -2.41. The number of carbonyl (C=O) groups excluding carboxylic acids is 2. The summed E-state index contributed by atoms with van der Waals surface area (Å²) in [6, 6.07) is 10.8. The molecule has 0 spiro atoms. The zero-order valence-corrected chi connectivity index (χ0v) is 19.5. The third-order valence-corrected chi connectivity index (χ3v) is 6.45. The third kappa shape index (κ3) is 5.29. The Kier molecular flexibility index (Phi) is 7.01. The molecule has 7 heteroatoms. The van der Waals surface area contributed by atoms with Crippen LogP contribution in [0.25, 0.3) is 0 Å². The fourth-order valence-corrected chi connectivity index (χ4v) is 4.09. The standard InChI is InChI=1S/C23H25Cl3N2O2/c1-23(2,3)16-6-4-15(5-7-16)22(30)28-10-8-14(9-11-28)21(29)27-20-13-18(25)17(24)12-19(20)26/h4-7,12-14H,8-11H2,1-3H3,(H,27,29). The number of amides is 2. The highest BCUT2D eigenvalue weighted by Gasteiger charge is 2.28. The molecule has 0 aliphatic carbocycles. The first-order chi connectivity index (χ1) is 14.1. The van der Waals surface area contributed by atoms with Crippen molar-refractivity contribution in [3.63, 3.8) is 0 Å². The summed E-state index contributed by atoms with van der Waals surface area (Å²) in [6.45, 7) is 7.50. The first-order valence-corrected chi connectivity index (χ1v) is 11.0. The van der Waals surface area contributed by atoms with E-state index in [1.807, 2.05) is 29.2 Å². The Morgan fingerprint density at radius 1 is 0.933 bits per heavy atom. The molecule has 0 bridgehead atoms. The third-order valence-electron chi connectivity index (χ3n) is 5.42. The van der Waals surface area contributed by atoms with Crippen molar-refractivity contribution in [2.45, 2.75) is 39.0 Å². The fraction of sp³-hybridized carbons (Fsp3) is 0.391. The SMILES string of the molecule is CC(C)(C)c1ccc(C(=O)N2CCC(C(=O)Nc3cc(Cl)c(Cl)cc3Cl)CC2)cc1. The Labute approximate surface area is 192 Å². The van der Waals surface area contributed by atoms with Gasteiger partial charge in [-0.3, -0.25) is 9.59 Å². The predicted octanol–water partition coefficient (Wildman–Crippen LogP) is 6.44. The van der Waals surface area contributed by atoms with Crippen LogP contribution in [0, 0.1) is 5.92 Å². The molecule has 2 amide bonds. The molecule has 2 aromatic rings. The van der Waals surface area contributed by atoms with Crippen LogP contribution in [0.2, 0.25) is 15.1 Å². The van der Waals surface area contributed by atoms with Crippen molar-refractivity contribution in [2.75, 3.05) is 18.4 Å². The van der Waals surface area contributed by atoms with Crippen molar-refractivity contribution in [3.05, 3.63) is 62.6 Å². The van der Waals surface area contributed by atoms with E-state index in [4.69, 9.17) is 34.8 Å². The minimum atomic E-state index is -0.192. The summed E-state index contributed by atoms with van der Waals surface area (Å²) < 4.78 is 0. The number of nitrogens with zero attached hydrogens (tertiary/aromatic N) is 1. The number of hydrogen-bond acceptors (Lipinski definition) is 2. The maximum Gasteiger partial charge on any atom is 0.253 e. The number of nitrogens with one attached hydrogen (secondary N) is 1. The lowest BCUT2D eigenvalue weighted by Gasteiger charge is -2.31. The molecule has 0 unspecified atom stereocenters. The number of piperidine rings is 1. The van der Waals surface area contributed by atoms with Gasteiger partial charge in [0.25, 0.3) is 5.91 Å². The van der Waals surface area contributed by atoms with E-state index in [2.05, 4.69) is 26.1 Å². The van der Waals surface area contributed by atoms with Gasteiger partial charge in [-0.2, -0.15) is 0 Å². The molecule has 4 nitrogen and oxygen atoms in total. The number of anilines is 1. The average Bonchev–Trinajstić information content (AvgIpc) is 2.71. The largest absolute Gasteiger partial charge is 0.339 e. The number of carbonyl (C=O) groups is 2. The van der Waals surface area contributed by atoms with E-state index in [1.54, 1.807) is 6.07 Å². The van der Waals surface area contributed by atoms with Gasteiger partial charge in [0.2, 0.25) is 5.91 Å². The van der Waals surface area contributed by atoms with E-state index < -0.39 is 0 Å². The lowest BCUT2D eigenvalue weighted by molar-refractivity contribution is -0.121. The summed E-state index contributed by atoms with van der Waals surface area (Å²) in [5.41, 5.74) is 2.35. The molecule has 3 rings (SSSR count). The second kappa shape index (κ2) is 9.17. The first-order valence-electron chi connectivity index (χ1n) is 9.91. The number of likely N-dealkylation sites (tertiary alicyclic amines) is 1. The van der Waals surface area contributed by atoms with E-state index in [0.29, 0.717) is 52.2 Å².